The zero-order chi connectivity index (χ0) is 12.2. The summed E-state index contributed by atoms with van der Waals surface area (Å²) in [7, 11) is -3.59. The highest BCUT2D eigenvalue weighted by atomic mass is 35.5. The van der Waals surface area contributed by atoms with Crippen LogP contribution in [0, 0.1) is 12.3 Å². The van der Waals surface area contributed by atoms with E-state index in [1.165, 1.54) is 6.20 Å². The third-order valence-electron chi connectivity index (χ3n) is 1.80. The summed E-state index contributed by atoms with van der Waals surface area (Å²) in [6.45, 7) is 1.93. The van der Waals surface area contributed by atoms with Crippen LogP contribution in [0.5, 0.6) is 0 Å². The molecule has 1 rings (SSSR count). The van der Waals surface area contributed by atoms with Crippen LogP contribution in [-0.2, 0) is 10.0 Å². The predicted molar refractivity (Wildman–Crippen MR) is 65.0 cm³/mol. The second kappa shape index (κ2) is 5.64. The number of halogens is 1. The monoisotopic (exact) mass is 278 g/mol. The number of thiazole rings is 1. The molecule has 0 aliphatic carbocycles. The van der Waals surface area contributed by atoms with Crippen molar-refractivity contribution in [2.75, 3.05) is 0 Å². The van der Waals surface area contributed by atoms with Crippen LogP contribution in [0.15, 0.2) is 10.4 Å². The van der Waals surface area contributed by atoms with E-state index in [0.717, 1.165) is 17.8 Å². The zero-order valence-electron chi connectivity index (χ0n) is 8.60. The fourth-order valence-corrected chi connectivity index (χ4v) is 3.57. The Morgan fingerprint density at radius 3 is 2.88 bits per heavy atom. The number of aromatic nitrogens is 1. The Balaban J connectivity index is 2.84. The molecular weight excluding hydrogens is 268 g/mol. The first-order chi connectivity index (χ1) is 7.49. The number of nitrogens with one attached hydrogen (secondary N) is 1. The lowest BCUT2D eigenvalue weighted by atomic mass is 10.2. The van der Waals surface area contributed by atoms with Crippen molar-refractivity contribution in [1.82, 2.24) is 9.71 Å². The van der Waals surface area contributed by atoms with E-state index in [4.69, 9.17) is 18.0 Å². The molecule has 0 aliphatic rings. The summed E-state index contributed by atoms with van der Waals surface area (Å²) in [5, 5.41) is 0. The molecule has 0 bridgehead atoms. The molecule has 0 fully saturated rings. The van der Waals surface area contributed by atoms with Crippen LogP contribution in [0.1, 0.15) is 19.8 Å². The third-order valence-corrected chi connectivity index (χ3v) is 4.84. The normalized spacial score (nSPS) is 13.3. The van der Waals surface area contributed by atoms with Crippen molar-refractivity contribution in [2.45, 2.75) is 30.0 Å². The Morgan fingerprint density at radius 2 is 2.44 bits per heavy atom. The van der Waals surface area contributed by atoms with Gasteiger partial charge in [0.1, 0.15) is 0 Å². The second-order valence-electron chi connectivity index (χ2n) is 3.06. The molecule has 0 aromatic carbocycles. The number of hydrogen-bond donors (Lipinski definition) is 1. The average Bonchev–Trinajstić information content (AvgIpc) is 2.64. The lowest BCUT2D eigenvalue weighted by Gasteiger charge is -2.10. The minimum Gasteiger partial charge on any atom is -0.232 e. The maximum atomic E-state index is 11.8. The summed E-state index contributed by atoms with van der Waals surface area (Å²) in [5.41, 5.74) is 0. The van der Waals surface area contributed by atoms with Crippen molar-refractivity contribution >= 4 is 33.0 Å². The van der Waals surface area contributed by atoms with Crippen molar-refractivity contribution in [3.05, 3.63) is 10.7 Å². The fourth-order valence-electron chi connectivity index (χ4n) is 1.07. The first-order valence-corrected chi connectivity index (χ1v) is 7.27. The van der Waals surface area contributed by atoms with Gasteiger partial charge < -0.3 is 0 Å². The molecule has 0 amide bonds. The SMILES string of the molecule is C#CC(CCC)NS(=O)(=O)c1cnc(Cl)s1. The summed E-state index contributed by atoms with van der Waals surface area (Å²) in [6, 6.07) is -0.490. The zero-order valence-corrected chi connectivity index (χ0v) is 11.0. The van der Waals surface area contributed by atoms with Crippen LogP contribution in [0.4, 0.5) is 0 Å². The summed E-state index contributed by atoms with van der Waals surface area (Å²) in [5.74, 6) is 2.40. The van der Waals surface area contributed by atoms with E-state index in [1.54, 1.807) is 0 Å². The van der Waals surface area contributed by atoms with Crippen LogP contribution in [0.25, 0.3) is 0 Å². The Morgan fingerprint density at radius 1 is 1.75 bits per heavy atom. The molecule has 0 saturated heterocycles. The van der Waals surface area contributed by atoms with Crippen LogP contribution < -0.4 is 4.72 Å². The molecule has 4 nitrogen and oxygen atoms in total. The van der Waals surface area contributed by atoms with E-state index < -0.39 is 16.1 Å². The van der Waals surface area contributed by atoms with Gasteiger partial charge >= 0.3 is 0 Å². The lowest BCUT2D eigenvalue weighted by Crippen LogP contribution is -2.33. The van der Waals surface area contributed by atoms with Crippen molar-refractivity contribution < 1.29 is 8.42 Å². The topological polar surface area (TPSA) is 59.1 Å². The van der Waals surface area contributed by atoms with Crippen LogP contribution in [0.2, 0.25) is 4.47 Å². The molecule has 0 aliphatic heterocycles. The molecule has 1 unspecified atom stereocenters. The van der Waals surface area contributed by atoms with Gasteiger partial charge in [0.2, 0.25) is 0 Å². The molecule has 0 saturated carbocycles. The van der Waals surface area contributed by atoms with Crippen molar-refractivity contribution in [3.63, 3.8) is 0 Å². The first kappa shape index (κ1) is 13.5. The lowest BCUT2D eigenvalue weighted by molar-refractivity contribution is 0.566. The number of terminal acetylenes is 1. The second-order valence-corrected chi connectivity index (χ2v) is 6.62. The summed E-state index contributed by atoms with van der Waals surface area (Å²) in [6.07, 6.45) is 7.86. The van der Waals surface area contributed by atoms with Crippen LogP contribution in [0.3, 0.4) is 0 Å². The fraction of sp³-hybridized carbons (Fsp3) is 0.444. The van der Waals surface area contributed by atoms with E-state index in [-0.39, 0.29) is 8.68 Å². The number of sulfonamides is 1. The van der Waals surface area contributed by atoms with Crippen molar-refractivity contribution in [1.29, 1.82) is 0 Å². The molecule has 1 atom stereocenters. The molecule has 1 aromatic heterocycles. The largest absolute Gasteiger partial charge is 0.252 e. The number of hydrogen-bond acceptors (Lipinski definition) is 4. The highest BCUT2D eigenvalue weighted by Gasteiger charge is 2.20. The van der Waals surface area contributed by atoms with Gasteiger partial charge in [0.25, 0.3) is 10.0 Å². The third kappa shape index (κ3) is 3.46. The average molecular weight is 279 g/mol. The van der Waals surface area contributed by atoms with Gasteiger partial charge in [0.15, 0.2) is 8.68 Å². The van der Waals surface area contributed by atoms with Gasteiger partial charge in [-0.3, -0.25) is 0 Å². The van der Waals surface area contributed by atoms with E-state index in [2.05, 4.69) is 15.6 Å². The van der Waals surface area contributed by atoms with Crippen molar-refractivity contribution in [2.24, 2.45) is 0 Å². The van der Waals surface area contributed by atoms with Gasteiger partial charge in [-0.2, -0.15) is 4.72 Å². The maximum Gasteiger partial charge on any atom is 0.252 e. The van der Waals surface area contributed by atoms with E-state index in [1.807, 2.05) is 6.92 Å². The molecule has 1 N–H and O–H groups in total. The van der Waals surface area contributed by atoms with Gasteiger partial charge in [-0.1, -0.05) is 42.2 Å². The Labute approximate surface area is 104 Å². The number of nitrogens with zero attached hydrogens (tertiary/aromatic N) is 1. The van der Waals surface area contributed by atoms with Crippen molar-refractivity contribution in [3.8, 4) is 12.3 Å². The van der Waals surface area contributed by atoms with E-state index in [0.29, 0.717) is 6.42 Å². The van der Waals surface area contributed by atoms with Gasteiger partial charge in [-0.15, -0.1) is 6.42 Å². The van der Waals surface area contributed by atoms with Crippen LogP contribution >= 0.6 is 22.9 Å². The molecule has 0 radical (unpaired) electrons. The minimum absolute atomic E-state index is 0.0776. The van der Waals surface area contributed by atoms with E-state index in [9.17, 15) is 8.42 Å². The maximum absolute atomic E-state index is 11.8. The summed E-state index contributed by atoms with van der Waals surface area (Å²) < 4.78 is 26.3. The van der Waals surface area contributed by atoms with E-state index >= 15 is 0 Å². The Hall–Kier alpha value is -0.610. The molecule has 1 heterocycles. The molecule has 0 spiro atoms. The molecule has 88 valence electrons. The van der Waals surface area contributed by atoms with Crippen LogP contribution in [-0.4, -0.2) is 19.4 Å². The van der Waals surface area contributed by atoms with Gasteiger partial charge in [0, 0.05) is 0 Å². The molecule has 7 heteroatoms. The van der Waals surface area contributed by atoms with Gasteiger partial charge in [-0.05, 0) is 6.42 Å². The van der Waals surface area contributed by atoms with Gasteiger partial charge in [-0.25, -0.2) is 13.4 Å². The summed E-state index contributed by atoms with van der Waals surface area (Å²) >= 11 is 6.47. The summed E-state index contributed by atoms with van der Waals surface area (Å²) in [4.78, 5) is 3.68. The Kier molecular flexibility index (Phi) is 4.74. The molecular formula is C9H11ClN2O2S2. The smallest absolute Gasteiger partial charge is 0.232 e. The minimum atomic E-state index is -3.59. The highest BCUT2D eigenvalue weighted by Crippen LogP contribution is 2.22. The standard InChI is InChI=1S/C9H11ClN2O2S2/c1-3-5-7(4-2)12-16(13,14)8-6-11-9(10)15-8/h2,6-7,12H,3,5H2,1H3. The highest BCUT2D eigenvalue weighted by molar-refractivity contribution is 7.91. The molecule has 1 aromatic rings. The first-order valence-electron chi connectivity index (χ1n) is 4.59. The Bertz CT molecular complexity index is 490. The number of rotatable bonds is 5. The molecule has 16 heavy (non-hydrogen) atoms. The predicted octanol–water partition coefficient (Wildman–Crippen LogP) is 1.88. The van der Waals surface area contributed by atoms with Gasteiger partial charge in [0.05, 0.1) is 12.2 Å². The quantitative estimate of drug-likeness (QED) is 0.837.